The zero-order valence-electron chi connectivity index (χ0n) is 14.7. The molecule has 0 radical (unpaired) electrons. The van der Waals surface area contributed by atoms with Crippen molar-refractivity contribution in [1.82, 2.24) is 4.31 Å². The number of hydrogen-bond donors (Lipinski definition) is 0. The van der Waals surface area contributed by atoms with Gasteiger partial charge in [-0.1, -0.05) is 6.92 Å². The van der Waals surface area contributed by atoms with Crippen LogP contribution >= 0.6 is 0 Å². The number of aryl methyl sites for hydroxylation is 2. The Kier molecular flexibility index (Phi) is 5.87. The second kappa shape index (κ2) is 7.53. The third kappa shape index (κ3) is 3.42. The van der Waals surface area contributed by atoms with E-state index in [0.717, 1.165) is 12.8 Å². The van der Waals surface area contributed by atoms with Crippen molar-refractivity contribution in [2.45, 2.75) is 50.5 Å². The highest BCUT2D eigenvalue weighted by Gasteiger charge is 2.39. The zero-order valence-corrected chi connectivity index (χ0v) is 15.5. The van der Waals surface area contributed by atoms with Gasteiger partial charge in [-0.2, -0.15) is 4.31 Å². The van der Waals surface area contributed by atoms with E-state index in [2.05, 4.69) is 0 Å². The molecule has 0 spiro atoms. The lowest BCUT2D eigenvalue weighted by atomic mass is 10.1. The Morgan fingerprint density at radius 3 is 2.58 bits per heavy atom. The molecule has 1 aromatic rings. The minimum Gasteiger partial charge on any atom is -0.497 e. The summed E-state index contributed by atoms with van der Waals surface area (Å²) >= 11 is 0. The van der Waals surface area contributed by atoms with Crippen LogP contribution in [0.15, 0.2) is 17.0 Å². The number of methoxy groups -OCH3 is 2. The maximum absolute atomic E-state index is 13.3. The summed E-state index contributed by atoms with van der Waals surface area (Å²) in [5.74, 6) is 0.133. The summed E-state index contributed by atoms with van der Waals surface area (Å²) in [7, 11) is -0.942. The molecule has 0 saturated carbocycles. The third-order valence-corrected chi connectivity index (χ3v) is 6.59. The highest BCUT2D eigenvalue weighted by molar-refractivity contribution is 7.89. The lowest BCUT2D eigenvalue weighted by molar-refractivity contribution is -0.146. The molecule has 7 heteroatoms. The van der Waals surface area contributed by atoms with Crippen LogP contribution < -0.4 is 4.74 Å². The van der Waals surface area contributed by atoms with Crippen molar-refractivity contribution in [3.63, 3.8) is 0 Å². The number of piperidine rings is 1. The van der Waals surface area contributed by atoms with Crippen LogP contribution in [0.1, 0.15) is 37.3 Å². The van der Waals surface area contributed by atoms with Crippen LogP contribution in [0.4, 0.5) is 0 Å². The van der Waals surface area contributed by atoms with Gasteiger partial charge in [-0.3, -0.25) is 4.79 Å². The van der Waals surface area contributed by atoms with Crippen molar-refractivity contribution in [3.05, 3.63) is 23.3 Å². The topological polar surface area (TPSA) is 72.9 Å². The number of ether oxygens (including phenoxy) is 2. The van der Waals surface area contributed by atoms with Gasteiger partial charge in [-0.15, -0.1) is 0 Å². The molecule has 1 atom stereocenters. The van der Waals surface area contributed by atoms with E-state index < -0.39 is 22.0 Å². The molecule has 1 aliphatic heterocycles. The molecular weight excluding hydrogens is 330 g/mol. The van der Waals surface area contributed by atoms with Crippen molar-refractivity contribution in [2.75, 3.05) is 20.8 Å². The fourth-order valence-corrected chi connectivity index (χ4v) is 5.37. The van der Waals surface area contributed by atoms with Gasteiger partial charge < -0.3 is 9.47 Å². The molecule has 134 valence electrons. The average Bonchev–Trinajstić information content (AvgIpc) is 2.59. The summed E-state index contributed by atoms with van der Waals surface area (Å²) in [5, 5.41) is 0. The molecule has 1 aliphatic rings. The molecule has 24 heavy (non-hydrogen) atoms. The normalized spacial score (nSPS) is 19.1. The largest absolute Gasteiger partial charge is 0.497 e. The van der Waals surface area contributed by atoms with Crippen LogP contribution in [0.2, 0.25) is 0 Å². The number of rotatable bonds is 5. The fourth-order valence-electron chi connectivity index (χ4n) is 3.24. The SMILES string of the molecule is CCc1cc(OC)cc(C)c1S(=O)(=O)N1CCCC[C@H]1C(=O)OC. The first-order chi connectivity index (χ1) is 11.4. The van der Waals surface area contributed by atoms with Crippen LogP contribution in [0.5, 0.6) is 5.75 Å². The molecular formula is C17H25NO5S. The highest BCUT2D eigenvalue weighted by atomic mass is 32.2. The first-order valence-corrected chi connectivity index (χ1v) is 9.58. The van der Waals surface area contributed by atoms with Gasteiger partial charge in [0.1, 0.15) is 11.8 Å². The Labute approximate surface area is 143 Å². The summed E-state index contributed by atoms with van der Waals surface area (Å²) in [6.07, 6.45) is 2.60. The molecule has 0 unspecified atom stereocenters. The predicted molar refractivity (Wildman–Crippen MR) is 90.7 cm³/mol. The average molecular weight is 355 g/mol. The van der Waals surface area contributed by atoms with E-state index in [1.165, 1.54) is 11.4 Å². The number of nitrogens with zero attached hydrogens (tertiary/aromatic N) is 1. The molecule has 0 amide bonds. The van der Waals surface area contributed by atoms with Crippen LogP contribution in [-0.4, -0.2) is 45.5 Å². The van der Waals surface area contributed by atoms with Crippen molar-refractivity contribution in [2.24, 2.45) is 0 Å². The Morgan fingerprint density at radius 2 is 2.00 bits per heavy atom. The molecule has 1 saturated heterocycles. The van der Waals surface area contributed by atoms with E-state index in [1.54, 1.807) is 26.2 Å². The van der Waals surface area contributed by atoms with Crippen molar-refractivity contribution < 1.29 is 22.7 Å². The summed E-state index contributed by atoms with van der Waals surface area (Å²) in [6, 6.07) is 2.71. The molecule has 1 fully saturated rings. The van der Waals surface area contributed by atoms with Gasteiger partial charge in [0, 0.05) is 6.54 Å². The van der Waals surface area contributed by atoms with Crippen molar-refractivity contribution in [1.29, 1.82) is 0 Å². The predicted octanol–water partition coefficient (Wildman–Crippen LogP) is 2.28. The van der Waals surface area contributed by atoms with Crippen LogP contribution in [0.3, 0.4) is 0 Å². The lowest BCUT2D eigenvalue weighted by Gasteiger charge is -2.33. The van der Waals surface area contributed by atoms with Crippen LogP contribution in [0.25, 0.3) is 0 Å². The van der Waals surface area contributed by atoms with E-state index >= 15 is 0 Å². The minimum absolute atomic E-state index is 0.279. The first kappa shape index (κ1) is 18.7. The summed E-state index contributed by atoms with van der Waals surface area (Å²) < 4.78 is 37.9. The highest BCUT2D eigenvalue weighted by Crippen LogP contribution is 2.32. The molecule has 0 N–H and O–H groups in total. The number of benzene rings is 1. The quantitative estimate of drug-likeness (QED) is 0.758. The summed E-state index contributed by atoms with van der Waals surface area (Å²) in [4.78, 5) is 12.3. The minimum atomic E-state index is -3.79. The third-order valence-electron chi connectivity index (χ3n) is 4.44. The lowest BCUT2D eigenvalue weighted by Crippen LogP contribution is -2.48. The zero-order chi connectivity index (χ0) is 17.9. The molecule has 0 aliphatic carbocycles. The van der Waals surface area contributed by atoms with Gasteiger partial charge in [0.2, 0.25) is 10.0 Å². The number of esters is 1. The van der Waals surface area contributed by atoms with E-state index in [9.17, 15) is 13.2 Å². The summed E-state index contributed by atoms with van der Waals surface area (Å²) in [5.41, 5.74) is 1.32. The summed E-state index contributed by atoms with van der Waals surface area (Å²) in [6.45, 7) is 3.99. The molecule has 0 aromatic heterocycles. The molecule has 1 heterocycles. The monoisotopic (exact) mass is 355 g/mol. The van der Waals surface area contributed by atoms with E-state index in [0.29, 0.717) is 36.3 Å². The number of hydrogen-bond acceptors (Lipinski definition) is 5. The number of sulfonamides is 1. The van der Waals surface area contributed by atoms with Gasteiger partial charge in [0.05, 0.1) is 19.1 Å². The molecule has 2 rings (SSSR count). The van der Waals surface area contributed by atoms with Gasteiger partial charge in [0.25, 0.3) is 0 Å². The van der Waals surface area contributed by atoms with Gasteiger partial charge in [-0.05, 0) is 55.9 Å². The molecule has 6 nitrogen and oxygen atoms in total. The van der Waals surface area contributed by atoms with Crippen molar-refractivity contribution >= 4 is 16.0 Å². The molecule has 1 aromatic carbocycles. The maximum Gasteiger partial charge on any atom is 0.324 e. The Hall–Kier alpha value is -1.60. The maximum atomic E-state index is 13.3. The second-order valence-electron chi connectivity index (χ2n) is 5.94. The Bertz CT molecular complexity index is 714. The Morgan fingerprint density at radius 1 is 1.29 bits per heavy atom. The second-order valence-corrected chi connectivity index (χ2v) is 7.76. The van der Waals surface area contributed by atoms with Gasteiger partial charge >= 0.3 is 5.97 Å². The smallest absolute Gasteiger partial charge is 0.324 e. The van der Waals surface area contributed by atoms with E-state index in [4.69, 9.17) is 9.47 Å². The van der Waals surface area contributed by atoms with Crippen LogP contribution in [-0.2, 0) is 26.0 Å². The number of carbonyl (C=O) groups is 1. The van der Waals surface area contributed by atoms with Gasteiger partial charge in [0.15, 0.2) is 0 Å². The van der Waals surface area contributed by atoms with Crippen LogP contribution in [0, 0.1) is 6.92 Å². The van der Waals surface area contributed by atoms with Gasteiger partial charge in [-0.25, -0.2) is 8.42 Å². The first-order valence-electron chi connectivity index (χ1n) is 8.14. The van der Waals surface area contributed by atoms with E-state index in [-0.39, 0.29) is 4.90 Å². The fraction of sp³-hybridized carbons (Fsp3) is 0.588. The molecule has 0 bridgehead atoms. The van der Waals surface area contributed by atoms with Crippen molar-refractivity contribution in [3.8, 4) is 5.75 Å². The standard InChI is InChI=1S/C17H25NO5S/c1-5-13-11-14(22-3)10-12(2)16(13)24(20,21)18-9-7-6-8-15(18)17(19)23-4/h10-11,15H,5-9H2,1-4H3/t15-/m0/s1. The Balaban J connectivity index is 2.55. The van der Waals surface area contributed by atoms with E-state index in [1.807, 2.05) is 6.92 Å². The number of carbonyl (C=O) groups excluding carboxylic acids is 1.